The van der Waals surface area contributed by atoms with E-state index in [-0.39, 0.29) is 11.4 Å². The lowest BCUT2D eigenvalue weighted by atomic mass is 10.1. The summed E-state index contributed by atoms with van der Waals surface area (Å²) >= 11 is 3.22. The predicted octanol–water partition coefficient (Wildman–Crippen LogP) is 4.13. The Morgan fingerprint density at radius 1 is 1.32 bits per heavy atom. The zero-order valence-electron chi connectivity index (χ0n) is 11.1. The van der Waals surface area contributed by atoms with Gasteiger partial charge in [0, 0.05) is 22.6 Å². The molecule has 0 bridgehead atoms. The fourth-order valence-corrected chi connectivity index (χ4v) is 1.90. The molecular formula is C14H16BrFN2O. The van der Waals surface area contributed by atoms with Crippen molar-refractivity contribution in [2.75, 3.05) is 0 Å². The molecule has 5 heteroatoms. The number of aromatic nitrogens is 1. The summed E-state index contributed by atoms with van der Waals surface area (Å²) in [6.45, 7) is 6.80. The largest absolute Gasteiger partial charge is 0.356 e. The van der Waals surface area contributed by atoms with Gasteiger partial charge in [-0.25, -0.2) is 4.39 Å². The Kier molecular flexibility index (Phi) is 4.06. The monoisotopic (exact) mass is 326 g/mol. The number of benzene rings is 1. The Bertz CT molecular complexity index is 575. The van der Waals surface area contributed by atoms with Crippen LogP contribution in [0.25, 0.3) is 11.3 Å². The van der Waals surface area contributed by atoms with Gasteiger partial charge in [0.15, 0.2) is 5.76 Å². The van der Waals surface area contributed by atoms with Gasteiger partial charge in [-0.3, -0.25) is 0 Å². The highest BCUT2D eigenvalue weighted by Crippen LogP contribution is 2.26. The van der Waals surface area contributed by atoms with Gasteiger partial charge in [0.05, 0.1) is 11.3 Å². The highest BCUT2D eigenvalue weighted by atomic mass is 79.9. The van der Waals surface area contributed by atoms with Gasteiger partial charge in [0.2, 0.25) is 0 Å². The minimum atomic E-state index is -0.333. The normalized spacial score (nSPS) is 11.8. The van der Waals surface area contributed by atoms with Crippen molar-refractivity contribution < 1.29 is 8.91 Å². The van der Waals surface area contributed by atoms with Gasteiger partial charge < -0.3 is 9.84 Å². The van der Waals surface area contributed by atoms with Crippen LogP contribution < -0.4 is 5.32 Å². The van der Waals surface area contributed by atoms with E-state index in [0.717, 1.165) is 5.69 Å². The van der Waals surface area contributed by atoms with Crippen molar-refractivity contribution in [2.45, 2.75) is 32.9 Å². The van der Waals surface area contributed by atoms with Gasteiger partial charge in [0.1, 0.15) is 5.82 Å². The zero-order chi connectivity index (χ0) is 14.0. The third kappa shape index (κ3) is 3.88. The van der Waals surface area contributed by atoms with Gasteiger partial charge in [-0.05, 0) is 39.0 Å². The van der Waals surface area contributed by atoms with Gasteiger partial charge in [-0.15, -0.1) is 0 Å². The standard InChI is InChI=1S/C14H16BrFN2O/c1-14(2,3)17-8-10-7-13(19-18-10)11-5-4-9(15)6-12(11)16/h4-7,17H,8H2,1-3H3. The molecule has 0 spiro atoms. The van der Waals surface area contributed by atoms with E-state index in [1.807, 2.05) is 0 Å². The molecule has 0 aliphatic rings. The van der Waals surface area contributed by atoms with Crippen LogP contribution in [0.1, 0.15) is 26.5 Å². The van der Waals surface area contributed by atoms with Gasteiger partial charge in [-0.2, -0.15) is 0 Å². The summed E-state index contributed by atoms with van der Waals surface area (Å²) in [6.07, 6.45) is 0. The maximum Gasteiger partial charge on any atom is 0.170 e. The number of nitrogens with zero attached hydrogens (tertiary/aromatic N) is 1. The molecular weight excluding hydrogens is 311 g/mol. The first-order chi connectivity index (χ1) is 8.85. The van der Waals surface area contributed by atoms with Crippen LogP contribution in [-0.4, -0.2) is 10.7 Å². The molecule has 19 heavy (non-hydrogen) atoms. The second-order valence-corrected chi connectivity index (χ2v) is 6.33. The summed E-state index contributed by atoms with van der Waals surface area (Å²) in [5, 5.41) is 7.25. The maximum atomic E-state index is 13.8. The average Bonchev–Trinajstić information content (AvgIpc) is 2.74. The lowest BCUT2D eigenvalue weighted by Crippen LogP contribution is -2.35. The molecule has 0 saturated carbocycles. The summed E-state index contributed by atoms with van der Waals surface area (Å²) < 4.78 is 19.7. The van der Waals surface area contributed by atoms with Crippen LogP contribution in [0.15, 0.2) is 33.3 Å². The topological polar surface area (TPSA) is 38.1 Å². The van der Waals surface area contributed by atoms with E-state index in [2.05, 4.69) is 47.2 Å². The smallest absolute Gasteiger partial charge is 0.170 e. The first kappa shape index (κ1) is 14.2. The highest BCUT2D eigenvalue weighted by molar-refractivity contribution is 9.10. The van der Waals surface area contributed by atoms with E-state index < -0.39 is 0 Å². The molecule has 1 N–H and O–H groups in total. The van der Waals surface area contributed by atoms with E-state index in [1.54, 1.807) is 18.2 Å². The Morgan fingerprint density at radius 3 is 2.68 bits per heavy atom. The zero-order valence-corrected chi connectivity index (χ0v) is 12.7. The Labute approximate surface area is 120 Å². The van der Waals surface area contributed by atoms with Crippen molar-refractivity contribution in [1.29, 1.82) is 0 Å². The number of hydrogen-bond donors (Lipinski definition) is 1. The maximum absolute atomic E-state index is 13.8. The minimum Gasteiger partial charge on any atom is -0.356 e. The van der Waals surface area contributed by atoms with E-state index in [0.29, 0.717) is 22.3 Å². The number of nitrogens with one attached hydrogen (secondary N) is 1. The van der Waals surface area contributed by atoms with Crippen molar-refractivity contribution in [2.24, 2.45) is 0 Å². The summed E-state index contributed by atoms with van der Waals surface area (Å²) in [6, 6.07) is 6.60. The van der Waals surface area contributed by atoms with E-state index in [9.17, 15) is 4.39 Å². The second-order valence-electron chi connectivity index (χ2n) is 5.41. The molecule has 0 aliphatic carbocycles. The molecule has 0 unspecified atom stereocenters. The predicted molar refractivity (Wildman–Crippen MR) is 76.2 cm³/mol. The highest BCUT2D eigenvalue weighted by Gasteiger charge is 2.14. The third-order valence-electron chi connectivity index (χ3n) is 2.56. The second kappa shape index (κ2) is 5.43. The molecule has 0 amide bonds. The van der Waals surface area contributed by atoms with Crippen molar-refractivity contribution in [3.63, 3.8) is 0 Å². The van der Waals surface area contributed by atoms with Crippen molar-refractivity contribution in [1.82, 2.24) is 10.5 Å². The van der Waals surface area contributed by atoms with Crippen molar-refractivity contribution >= 4 is 15.9 Å². The summed E-state index contributed by atoms with van der Waals surface area (Å²) in [5.41, 5.74) is 1.17. The molecule has 0 fully saturated rings. The van der Waals surface area contributed by atoms with E-state index >= 15 is 0 Å². The summed E-state index contributed by atoms with van der Waals surface area (Å²) in [4.78, 5) is 0. The molecule has 1 aromatic carbocycles. The number of halogens is 2. The van der Waals surface area contributed by atoms with Crippen LogP contribution in [0.3, 0.4) is 0 Å². The minimum absolute atomic E-state index is 0.00196. The van der Waals surface area contributed by atoms with Crippen molar-refractivity contribution in [3.8, 4) is 11.3 Å². The first-order valence-electron chi connectivity index (χ1n) is 6.01. The van der Waals surface area contributed by atoms with Crippen LogP contribution in [0.2, 0.25) is 0 Å². The molecule has 1 aromatic heterocycles. The van der Waals surface area contributed by atoms with Crippen LogP contribution in [0.5, 0.6) is 0 Å². The summed E-state index contributed by atoms with van der Waals surface area (Å²) in [5.74, 6) is 0.108. The first-order valence-corrected chi connectivity index (χ1v) is 6.80. The Hall–Kier alpha value is -1.20. The SMILES string of the molecule is CC(C)(C)NCc1cc(-c2ccc(Br)cc2F)on1. The molecule has 2 aromatic rings. The molecule has 0 radical (unpaired) electrons. The van der Waals surface area contributed by atoms with Crippen molar-refractivity contribution in [3.05, 3.63) is 40.2 Å². The van der Waals surface area contributed by atoms with Crippen LogP contribution in [-0.2, 0) is 6.54 Å². The quantitative estimate of drug-likeness (QED) is 0.921. The lowest BCUT2D eigenvalue weighted by Gasteiger charge is -2.19. The fourth-order valence-electron chi connectivity index (χ4n) is 1.57. The van der Waals surface area contributed by atoms with Crippen LogP contribution in [0, 0.1) is 5.82 Å². The average molecular weight is 327 g/mol. The molecule has 0 atom stereocenters. The number of rotatable bonds is 3. The van der Waals surface area contributed by atoms with Gasteiger partial charge in [-0.1, -0.05) is 21.1 Å². The third-order valence-corrected chi connectivity index (χ3v) is 3.05. The molecule has 1 heterocycles. The molecule has 2 rings (SSSR count). The molecule has 102 valence electrons. The molecule has 3 nitrogen and oxygen atoms in total. The lowest BCUT2D eigenvalue weighted by molar-refractivity contribution is 0.392. The molecule has 0 saturated heterocycles. The Morgan fingerprint density at radius 2 is 2.05 bits per heavy atom. The summed E-state index contributed by atoms with van der Waals surface area (Å²) in [7, 11) is 0. The van der Waals surface area contributed by atoms with Crippen LogP contribution in [0.4, 0.5) is 4.39 Å². The van der Waals surface area contributed by atoms with Gasteiger partial charge in [0.25, 0.3) is 0 Å². The van der Waals surface area contributed by atoms with E-state index in [4.69, 9.17) is 4.52 Å². The van der Waals surface area contributed by atoms with E-state index in [1.165, 1.54) is 6.07 Å². The number of hydrogen-bond acceptors (Lipinski definition) is 3. The molecule has 0 aliphatic heterocycles. The fraction of sp³-hybridized carbons (Fsp3) is 0.357. The van der Waals surface area contributed by atoms with Gasteiger partial charge >= 0.3 is 0 Å². The van der Waals surface area contributed by atoms with Crippen LogP contribution >= 0.6 is 15.9 Å². The Balaban J connectivity index is 2.16.